The van der Waals surface area contributed by atoms with Crippen molar-refractivity contribution < 1.29 is 14.3 Å². The van der Waals surface area contributed by atoms with Gasteiger partial charge in [-0.2, -0.15) is 0 Å². The molecule has 1 aromatic carbocycles. The summed E-state index contributed by atoms with van der Waals surface area (Å²) in [6.45, 7) is 3.80. The van der Waals surface area contributed by atoms with Crippen LogP contribution < -0.4 is 5.32 Å². The molecule has 5 heteroatoms. The van der Waals surface area contributed by atoms with Crippen LogP contribution in [-0.4, -0.2) is 30.5 Å². The summed E-state index contributed by atoms with van der Waals surface area (Å²) in [4.78, 5) is 28.6. The standard InChI is InChI=1S/C18H22N2O3/c1-4-8-14-12(5-2)17(18(22)23-11-16(21)19-3)13-9-6-7-10-15(13)20-14/h6-7,9-10H,4-5,8,11H2,1-3H3,(H,19,21). The van der Waals surface area contributed by atoms with Gasteiger partial charge in [-0.15, -0.1) is 0 Å². The third-order valence-electron chi connectivity index (χ3n) is 3.74. The second kappa shape index (κ2) is 7.72. The molecule has 122 valence electrons. The fourth-order valence-electron chi connectivity index (χ4n) is 2.64. The molecule has 5 nitrogen and oxygen atoms in total. The number of nitrogens with zero attached hydrogens (tertiary/aromatic N) is 1. The second-order valence-corrected chi connectivity index (χ2v) is 5.28. The number of hydrogen-bond donors (Lipinski definition) is 1. The van der Waals surface area contributed by atoms with Gasteiger partial charge in [-0.05, 0) is 24.5 Å². The fraction of sp³-hybridized carbons (Fsp3) is 0.389. The number of likely N-dealkylation sites (N-methyl/N-ethyl adjacent to an activating group) is 1. The number of para-hydroxylation sites is 1. The zero-order chi connectivity index (χ0) is 16.8. The van der Waals surface area contributed by atoms with E-state index in [0.717, 1.165) is 35.0 Å². The van der Waals surface area contributed by atoms with Gasteiger partial charge in [0.2, 0.25) is 0 Å². The molecule has 2 aromatic rings. The van der Waals surface area contributed by atoms with Crippen LogP contribution in [0, 0.1) is 0 Å². The summed E-state index contributed by atoms with van der Waals surface area (Å²) in [5.41, 5.74) is 3.15. The summed E-state index contributed by atoms with van der Waals surface area (Å²) in [6, 6.07) is 7.53. The summed E-state index contributed by atoms with van der Waals surface area (Å²) in [5, 5.41) is 3.21. The topological polar surface area (TPSA) is 68.3 Å². The van der Waals surface area contributed by atoms with Crippen LogP contribution in [0.2, 0.25) is 0 Å². The molecular formula is C18H22N2O3. The van der Waals surface area contributed by atoms with Gasteiger partial charge in [0.15, 0.2) is 6.61 Å². The molecule has 1 aromatic heterocycles. The summed E-state index contributed by atoms with van der Waals surface area (Å²) in [5.74, 6) is -0.801. The second-order valence-electron chi connectivity index (χ2n) is 5.28. The number of aryl methyl sites for hydroxylation is 1. The first kappa shape index (κ1) is 16.9. The molecule has 0 atom stereocenters. The number of ether oxygens (including phenoxy) is 1. The first-order valence-corrected chi connectivity index (χ1v) is 7.90. The number of rotatable bonds is 6. The molecule has 0 saturated heterocycles. The molecule has 0 aliphatic carbocycles. The van der Waals surface area contributed by atoms with Crippen LogP contribution >= 0.6 is 0 Å². The first-order chi connectivity index (χ1) is 11.1. The Bertz CT molecular complexity index is 726. The SMILES string of the molecule is CCCc1nc2ccccc2c(C(=O)OCC(=O)NC)c1CC. The lowest BCUT2D eigenvalue weighted by Crippen LogP contribution is -2.25. The van der Waals surface area contributed by atoms with E-state index >= 15 is 0 Å². The normalized spacial score (nSPS) is 10.6. The van der Waals surface area contributed by atoms with Crippen LogP contribution in [0.1, 0.15) is 41.9 Å². The molecule has 0 aliphatic rings. The van der Waals surface area contributed by atoms with Gasteiger partial charge in [0.1, 0.15) is 0 Å². The van der Waals surface area contributed by atoms with Crippen molar-refractivity contribution in [3.8, 4) is 0 Å². The summed E-state index contributed by atoms with van der Waals surface area (Å²) < 4.78 is 5.19. The van der Waals surface area contributed by atoms with Crippen LogP contribution in [0.25, 0.3) is 10.9 Å². The zero-order valence-corrected chi connectivity index (χ0v) is 13.8. The Balaban J connectivity index is 2.53. The molecule has 0 spiro atoms. The highest BCUT2D eigenvalue weighted by Crippen LogP contribution is 2.26. The van der Waals surface area contributed by atoms with Crippen molar-refractivity contribution in [3.05, 3.63) is 41.1 Å². The molecule has 0 fully saturated rings. The predicted octanol–water partition coefficient (Wildman–Crippen LogP) is 2.65. The summed E-state index contributed by atoms with van der Waals surface area (Å²) in [7, 11) is 1.51. The fourth-order valence-corrected chi connectivity index (χ4v) is 2.64. The van der Waals surface area contributed by atoms with Gasteiger partial charge in [-0.25, -0.2) is 4.79 Å². The third-order valence-corrected chi connectivity index (χ3v) is 3.74. The van der Waals surface area contributed by atoms with E-state index in [1.165, 1.54) is 7.05 Å². The first-order valence-electron chi connectivity index (χ1n) is 7.90. The molecule has 1 amide bonds. The number of carbonyl (C=O) groups is 2. The van der Waals surface area contributed by atoms with E-state index in [1.807, 2.05) is 31.2 Å². The summed E-state index contributed by atoms with van der Waals surface area (Å²) in [6.07, 6.45) is 2.45. The Morgan fingerprint density at radius 3 is 2.61 bits per heavy atom. The Labute approximate surface area is 136 Å². The quantitative estimate of drug-likeness (QED) is 0.832. The molecule has 0 unspecified atom stereocenters. The van der Waals surface area contributed by atoms with Crippen molar-refractivity contribution in [1.82, 2.24) is 10.3 Å². The Hall–Kier alpha value is -2.43. The Morgan fingerprint density at radius 2 is 1.96 bits per heavy atom. The molecule has 1 N–H and O–H groups in total. The molecule has 0 saturated carbocycles. The molecule has 0 aliphatic heterocycles. The summed E-state index contributed by atoms with van der Waals surface area (Å²) >= 11 is 0. The van der Waals surface area contributed by atoms with E-state index < -0.39 is 5.97 Å². The minimum atomic E-state index is -0.471. The number of hydrogen-bond acceptors (Lipinski definition) is 4. The van der Waals surface area contributed by atoms with E-state index in [4.69, 9.17) is 9.72 Å². The molecule has 2 rings (SSSR count). The number of benzene rings is 1. The van der Waals surface area contributed by atoms with Crippen LogP contribution in [0.3, 0.4) is 0 Å². The number of amides is 1. The minimum absolute atomic E-state index is 0.280. The van der Waals surface area contributed by atoms with Crippen molar-refractivity contribution in [2.45, 2.75) is 33.1 Å². The maximum atomic E-state index is 12.6. The molecule has 0 bridgehead atoms. The van der Waals surface area contributed by atoms with E-state index in [0.29, 0.717) is 12.0 Å². The van der Waals surface area contributed by atoms with Gasteiger partial charge < -0.3 is 10.1 Å². The average Bonchev–Trinajstić information content (AvgIpc) is 2.58. The van der Waals surface area contributed by atoms with Crippen molar-refractivity contribution in [2.24, 2.45) is 0 Å². The maximum Gasteiger partial charge on any atom is 0.339 e. The molecule has 1 heterocycles. The van der Waals surface area contributed by atoms with Crippen LogP contribution in [0.15, 0.2) is 24.3 Å². The van der Waals surface area contributed by atoms with Gasteiger partial charge in [0.05, 0.1) is 11.1 Å². The van der Waals surface area contributed by atoms with Gasteiger partial charge in [0, 0.05) is 18.1 Å². The Morgan fingerprint density at radius 1 is 1.22 bits per heavy atom. The number of nitrogens with one attached hydrogen (secondary N) is 1. The lowest BCUT2D eigenvalue weighted by molar-refractivity contribution is -0.123. The van der Waals surface area contributed by atoms with Gasteiger partial charge in [0.25, 0.3) is 5.91 Å². The lowest BCUT2D eigenvalue weighted by atomic mass is 9.96. The highest BCUT2D eigenvalue weighted by molar-refractivity contribution is 6.05. The lowest BCUT2D eigenvalue weighted by Gasteiger charge is -2.15. The monoisotopic (exact) mass is 314 g/mol. The van der Waals surface area contributed by atoms with E-state index in [1.54, 1.807) is 0 Å². The van der Waals surface area contributed by atoms with Gasteiger partial charge >= 0.3 is 5.97 Å². The predicted molar refractivity (Wildman–Crippen MR) is 89.5 cm³/mol. The van der Waals surface area contributed by atoms with Crippen LogP contribution in [0.5, 0.6) is 0 Å². The van der Waals surface area contributed by atoms with E-state index in [9.17, 15) is 9.59 Å². The van der Waals surface area contributed by atoms with E-state index in [-0.39, 0.29) is 12.5 Å². The highest BCUT2D eigenvalue weighted by atomic mass is 16.5. The molecule has 0 radical (unpaired) electrons. The number of esters is 1. The average molecular weight is 314 g/mol. The van der Waals surface area contributed by atoms with Crippen molar-refractivity contribution in [1.29, 1.82) is 0 Å². The highest BCUT2D eigenvalue weighted by Gasteiger charge is 2.21. The number of aromatic nitrogens is 1. The van der Waals surface area contributed by atoms with Crippen molar-refractivity contribution in [2.75, 3.05) is 13.7 Å². The smallest absolute Gasteiger partial charge is 0.339 e. The molecule has 23 heavy (non-hydrogen) atoms. The van der Waals surface area contributed by atoms with Crippen LogP contribution in [-0.2, 0) is 22.4 Å². The molecular weight excluding hydrogens is 292 g/mol. The zero-order valence-electron chi connectivity index (χ0n) is 13.8. The van der Waals surface area contributed by atoms with E-state index in [2.05, 4.69) is 12.2 Å². The number of fused-ring (bicyclic) bond motifs is 1. The van der Waals surface area contributed by atoms with Gasteiger partial charge in [-0.1, -0.05) is 38.5 Å². The minimum Gasteiger partial charge on any atom is -0.452 e. The van der Waals surface area contributed by atoms with Crippen LogP contribution in [0.4, 0.5) is 0 Å². The maximum absolute atomic E-state index is 12.6. The van der Waals surface area contributed by atoms with Crippen molar-refractivity contribution in [3.63, 3.8) is 0 Å². The number of pyridine rings is 1. The van der Waals surface area contributed by atoms with Gasteiger partial charge in [-0.3, -0.25) is 9.78 Å². The largest absolute Gasteiger partial charge is 0.452 e. The third kappa shape index (κ3) is 3.67. The Kier molecular flexibility index (Phi) is 5.68. The number of carbonyl (C=O) groups excluding carboxylic acids is 2. The van der Waals surface area contributed by atoms with Crippen molar-refractivity contribution >= 4 is 22.8 Å².